The van der Waals surface area contributed by atoms with Crippen LogP contribution < -0.4 is 74.1 Å². The van der Waals surface area contributed by atoms with Crippen LogP contribution in [-0.4, -0.2) is 170 Å². The molecule has 12 rings (SSSR count). The number of imidazole rings is 4. The van der Waals surface area contributed by atoms with Crippen molar-refractivity contribution in [3.05, 3.63) is 172 Å². The highest BCUT2D eigenvalue weighted by atomic mass is 31.2. The normalized spacial score (nSPS) is 10.9. The van der Waals surface area contributed by atoms with Crippen molar-refractivity contribution in [3.8, 4) is 35.5 Å². The van der Waals surface area contributed by atoms with Crippen LogP contribution in [0, 0.1) is 0 Å². The van der Waals surface area contributed by atoms with Crippen LogP contribution in [0.2, 0.25) is 0 Å². The van der Waals surface area contributed by atoms with Gasteiger partial charge in [-0.25, -0.2) is 28.5 Å². The molecule has 8 aromatic heterocycles. The third-order valence-corrected chi connectivity index (χ3v) is 18.0. The summed E-state index contributed by atoms with van der Waals surface area (Å²) in [6, 6.07) is 29.2. The van der Waals surface area contributed by atoms with Crippen LogP contribution in [0.25, 0.3) is 44.7 Å². The SMILES string of the molecule is C.C.C.CCCCOc1nc(N)c2[nH]c(=O)n(CCOc3cccc(C(=O)OC)c3)c2n1.CCCCOc1nc(N)c2[nH]c(=O)n(Cc3cc(CC(=O)OC)ccc3OC)c2n1.CCCCOc1nc(N)c2[nH]c(=O)n(Cc3cccc(COP(=O)(OC)OC)c3)c2n1.Nc1nc(OCCCO)nc2c1[nH]c(=O)n2Cc1ccccc1. The number of H-pyrrole nitrogens is 4. The third-order valence-electron chi connectivity index (χ3n) is 16.7. The van der Waals surface area contributed by atoms with E-state index in [-0.39, 0.29) is 145 Å². The van der Waals surface area contributed by atoms with Gasteiger partial charge in [-0.2, -0.15) is 39.9 Å². The molecule has 0 saturated heterocycles. The van der Waals surface area contributed by atoms with E-state index in [4.69, 9.17) is 79.5 Å². The average molecular weight is 1630 g/mol. The number of ether oxygens (including phenoxy) is 8. The fourth-order valence-electron chi connectivity index (χ4n) is 10.8. The largest absolute Gasteiger partial charge is 0.496 e. The molecule has 0 spiro atoms. The Kier molecular flexibility index (Phi) is 35.5. The number of nitrogens with one attached hydrogen (secondary N) is 4. The molecule has 0 bridgehead atoms. The topological polar surface area (TPSA) is 531 Å². The van der Waals surface area contributed by atoms with Gasteiger partial charge >= 0.3 is 66.6 Å². The lowest BCUT2D eigenvalue weighted by Crippen LogP contribution is -2.21. The number of nitrogens with two attached hydrogens (primary N) is 4. The second kappa shape index (κ2) is 44.7. The molecular formula is C76H103N20O19P. The van der Waals surface area contributed by atoms with Crippen LogP contribution in [0.5, 0.6) is 35.5 Å². The molecule has 626 valence electrons. The standard InChI is InChI=1S/C20H25N5O5.C19H26N5O6P.C19H23N5O5.C15H17N5O3.3CH4/c1-4-5-8-30-19-23-17(21)16-18(24-19)25(20(27)22-16)11-13-9-12(10-15(26)29-3)6-7-14(13)28-2;1-4-5-9-29-18-22-16(20)15-17(23-18)24(19(25)21-15)11-13-7-6-8-14(10-13)12-30-31(26,27-2)28-3;1-3-4-9-29-18-22-15(20)14-16(23-18)24(19(26)21-14)8-10-28-13-7-5-6-12(11-13)17(25)27-2;16-12-11-13(19-14(18-12)23-8-4-7-21)20(15(22)17-11)9-10-5-2-1-3-6-10;;;/h6-7,9H,4-5,8,10-11H2,1-3H3,(H,22,27)(H2,21,23,24);6-8,10H,4-5,9,11-12H2,1-3H3,(H,21,25)(H2,20,22,23);5-7,11H,3-4,8-10H2,1-2H3,(H,21,26)(H2,20,22,23);1-3,5-6,21H,4,7-9H2,(H,17,22)(H2,16,18,19);3*1H4. The lowest BCUT2D eigenvalue weighted by atomic mass is 10.1. The van der Waals surface area contributed by atoms with Gasteiger partial charge in [0.2, 0.25) is 0 Å². The predicted molar refractivity (Wildman–Crippen MR) is 437 cm³/mol. The summed E-state index contributed by atoms with van der Waals surface area (Å²) in [5.74, 6) is 0.820. The molecule has 116 heavy (non-hydrogen) atoms. The molecule has 0 fully saturated rings. The molecule has 0 radical (unpaired) electrons. The van der Waals surface area contributed by atoms with Crippen molar-refractivity contribution >= 4 is 87.7 Å². The zero-order valence-corrected chi connectivity index (χ0v) is 64.5. The van der Waals surface area contributed by atoms with E-state index in [0.29, 0.717) is 100 Å². The number of rotatable bonds is 35. The Labute approximate surface area is 667 Å². The number of phosphoric ester groups is 1. The van der Waals surface area contributed by atoms with Crippen molar-refractivity contribution < 1.29 is 70.7 Å². The molecule has 0 unspecified atom stereocenters. The number of unbranched alkanes of at least 4 members (excludes halogenated alkanes) is 3. The Morgan fingerprint density at radius 3 is 1.34 bits per heavy atom. The maximum absolute atomic E-state index is 12.6. The minimum atomic E-state index is -3.59. The molecule has 40 heteroatoms. The van der Waals surface area contributed by atoms with Crippen LogP contribution in [0.15, 0.2) is 116 Å². The zero-order chi connectivity index (χ0) is 81.1. The molecule has 0 saturated carbocycles. The predicted octanol–water partition coefficient (Wildman–Crippen LogP) is 8.67. The molecule has 0 aliphatic carbocycles. The molecule has 4 aromatic carbocycles. The number of aromatic nitrogens is 16. The number of nitrogens with zero attached hydrogens (tertiary/aromatic N) is 12. The number of methoxy groups -OCH3 is 3. The summed E-state index contributed by atoms with van der Waals surface area (Å²) in [6.07, 6.45) is 6.05. The monoisotopic (exact) mass is 1630 g/mol. The first-order chi connectivity index (χ1) is 54.6. The molecular weight excluding hydrogens is 1530 g/mol. The van der Waals surface area contributed by atoms with Crippen LogP contribution in [0.4, 0.5) is 23.3 Å². The number of esters is 2. The number of fused-ring (bicyclic) bond motifs is 4. The highest BCUT2D eigenvalue weighted by Gasteiger charge is 2.24. The Morgan fingerprint density at radius 1 is 0.457 bits per heavy atom. The van der Waals surface area contributed by atoms with Crippen LogP contribution in [-0.2, 0) is 71.6 Å². The third kappa shape index (κ3) is 24.4. The number of benzene rings is 4. The molecule has 39 nitrogen and oxygen atoms in total. The van der Waals surface area contributed by atoms with Gasteiger partial charge in [-0.05, 0) is 71.8 Å². The van der Waals surface area contributed by atoms with Crippen molar-refractivity contribution in [2.75, 3.05) is 98.1 Å². The van der Waals surface area contributed by atoms with E-state index in [1.807, 2.05) is 63.2 Å². The van der Waals surface area contributed by atoms with Crippen molar-refractivity contribution in [2.24, 2.45) is 0 Å². The number of hydrogen-bond donors (Lipinski definition) is 9. The highest BCUT2D eigenvalue weighted by Crippen LogP contribution is 2.48. The number of hydrogen-bond acceptors (Lipinski definition) is 31. The Hall–Kier alpha value is -12.7. The van der Waals surface area contributed by atoms with Crippen LogP contribution in [0.3, 0.4) is 0 Å². The van der Waals surface area contributed by atoms with Crippen molar-refractivity contribution in [1.82, 2.24) is 78.1 Å². The quantitative estimate of drug-likeness (QED) is 0.0102. The summed E-state index contributed by atoms with van der Waals surface area (Å²) >= 11 is 0. The van der Waals surface area contributed by atoms with E-state index < -0.39 is 19.5 Å². The van der Waals surface area contributed by atoms with E-state index in [1.54, 1.807) is 54.6 Å². The van der Waals surface area contributed by atoms with Gasteiger partial charge in [0.1, 0.15) is 40.2 Å². The first kappa shape index (κ1) is 92.2. The number of nitrogen functional groups attached to an aromatic ring is 4. The number of phosphoric acid groups is 1. The highest BCUT2D eigenvalue weighted by molar-refractivity contribution is 7.48. The van der Waals surface area contributed by atoms with E-state index in [2.05, 4.69) is 59.8 Å². The number of aromatic amines is 4. The molecule has 0 amide bonds. The molecule has 13 N–H and O–H groups in total. The van der Waals surface area contributed by atoms with Crippen molar-refractivity contribution in [3.63, 3.8) is 0 Å². The Balaban J connectivity index is 0.000000239. The minimum Gasteiger partial charge on any atom is -0.496 e. The van der Waals surface area contributed by atoms with Gasteiger partial charge in [-0.15, -0.1) is 0 Å². The molecule has 12 aromatic rings. The van der Waals surface area contributed by atoms with Gasteiger partial charge in [0.05, 0.1) is 92.5 Å². The lowest BCUT2D eigenvalue weighted by molar-refractivity contribution is -0.139. The van der Waals surface area contributed by atoms with Crippen LogP contribution in [0.1, 0.15) is 126 Å². The summed E-state index contributed by atoms with van der Waals surface area (Å²) in [6.45, 7) is 8.97. The van der Waals surface area contributed by atoms with Gasteiger partial charge in [0.15, 0.2) is 45.9 Å². The number of anilines is 4. The molecule has 0 atom stereocenters. The fourth-order valence-corrected chi connectivity index (χ4v) is 11.5. The second-order valence-electron chi connectivity index (χ2n) is 24.7. The Bertz CT molecular complexity index is 5500. The molecule has 8 heterocycles. The van der Waals surface area contributed by atoms with Crippen LogP contribution >= 0.6 is 7.82 Å². The molecule has 0 aliphatic heterocycles. The maximum Gasteiger partial charge on any atom is 0.474 e. The summed E-state index contributed by atoms with van der Waals surface area (Å²) in [5.41, 5.74) is 29.5. The average Bonchev–Trinajstić information content (AvgIpc) is 1.64. The first-order valence-corrected chi connectivity index (χ1v) is 37.2. The van der Waals surface area contributed by atoms with Gasteiger partial charge in [-0.3, -0.25) is 36.6 Å². The Morgan fingerprint density at radius 2 is 0.888 bits per heavy atom. The maximum atomic E-state index is 12.6. The summed E-state index contributed by atoms with van der Waals surface area (Å²) < 4.78 is 75.1. The van der Waals surface area contributed by atoms with E-state index in [9.17, 15) is 33.3 Å². The van der Waals surface area contributed by atoms with Gasteiger partial charge in [0.25, 0.3) is 0 Å². The summed E-state index contributed by atoms with van der Waals surface area (Å²) in [5, 5.41) is 8.79. The van der Waals surface area contributed by atoms with E-state index >= 15 is 0 Å². The number of aliphatic hydroxyl groups excluding tert-OH is 1. The van der Waals surface area contributed by atoms with Crippen molar-refractivity contribution in [1.29, 1.82) is 0 Å². The smallest absolute Gasteiger partial charge is 0.474 e. The van der Waals surface area contributed by atoms with E-state index in [0.717, 1.165) is 60.8 Å². The number of aliphatic hydroxyl groups is 1. The van der Waals surface area contributed by atoms with Gasteiger partial charge in [0, 0.05) is 32.8 Å². The number of carbonyl (C=O) groups is 2. The fraction of sp³-hybridized carbons (Fsp3) is 0.395. The second-order valence-corrected chi connectivity index (χ2v) is 26.6. The summed E-state index contributed by atoms with van der Waals surface area (Å²) in [7, 11) is 3.10. The lowest BCUT2D eigenvalue weighted by Gasteiger charge is -2.13. The number of carbonyl (C=O) groups excluding carboxylic acids is 2. The van der Waals surface area contributed by atoms with E-state index in [1.165, 1.54) is 53.8 Å². The van der Waals surface area contributed by atoms with Crippen molar-refractivity contribution in [2.45, 2.75) is 127 Å². The summed E-state index contributed by atoms with van der Waals surface area (Å²) in [4.78, 5) is 117. The molecule has 0 aliphatic rings. The van der Waals surface area contributed by atoms with Gasteiger partial charge < -0.3 is 85.9 Å². The minimum absolute atomic E-state index is 0. The first-order valence-electron chi connectivity index (χ1n) is 35.7. The zero-order valence-electron chi connectivity index (χ0n) is 63.6. The van der Waals surface area contributed by atoms with Gasteiger partial charge in [-0.1, -0.05) is 129 Å².